The standard InChI is InChI=1S/C10H6FIN2/c11-10-8(12)5-7(6-14-10)9-3-1-2-4-13-9/h1-6H. The predicted octanol–water partition coefficient (Wildman–Crippen LogP) is 2.89. The first-order valence-corrected chi connectivity index (χ1v) is 5.08. The summed E-state index contributed by atoms with van der Waals surface area (Å²) in [5.74, 6) is -0.440. The largest absolute Gasteiger partial charge is 0.256 e. The first-order chi connectivity index (χ1) is 6.77. The van der Waals surface area contributed by atoms with Gasteiger partial charge in [0, 0.05) is 18.0 Å². The minimum absolute atomic E-state index is 0.440. The summed E-state index contributed by atoms with van der Waals surface area (Å²) in [7, 11) is 0. The molecule has 2 aromatic rings. The van der Waals surface area contributed by atoms with E-state index in [0.29, 0.717) is 3.57 Å². The number of pyridine rings is 2. The highest BCUT2D eigenvalue weighted by Crippen LogP contribution is 2.18. The maximum Gasteiger partial charge on any atom is 0.226 e. The van der Waals surface area contributed by atoms with E-state index in [1.165, 1.54) is 6.20 Å². The van der Waals surface area contributed by atoms with Crippen LogP contribution in [0.25, 0.3) is 11.3 Å². The molecule has 0 amide bonds. The number of rotatable bonds is 1. The highest BCUT2D eigenvalue weighted by molar-refractivity contribution is 14.1. The summed E-state index contributed by atoms with van der Waals surface area (Å²) in [6.45, 7) is 0. The smallest absolute Gasteiger partial charge is 0.226 e. The second-order valence-corrected chi connectivity index (χ2v) is 3.87. The van der Waals surface area contributed by atoms with Crippen LogP contribution in [-0.4, -0.2) is 9.97 Å². The summed E-state index contributed by atoms with van der Waals surface area (Å²) in [6, 6.07) is 7.32. The van der Waals surface area contributed by atoms with Gasteiger partial charge in [-0.2, -0.15) is 4.39 Å². The number of hydrogen-bond donors (Lipinski definition) is 0. The molecule has 0 atom stereocenters. The van der Waals surface area contributed by atoms with Crippen molar-refractivity contribution < 1.29 is 4.39 Å². The van der Waals surface area contributed by atoms with Crippen LogP contribution in [0.15, 0.2) is 36.7 Å². The van der Waals surface area contributed by atoms with Crippen molar-refractivity contribution in [2.24, 2.45) is 0 Å². The quantitative estimate of drug-likeness (QED) is 0.598. The van der Waals surface area contributed by atoms with Crippen LogP contribution >= 0.6 is 22.6 Å². The summed E-state index contributed by atoms with van der Waals surface area (Å²) < 4.78 is 13.4. The van der Waals surface area contributed by atoms with E-state index in [2.05, 4.69) is 9.97 Å². The van der Waals surface area contributed by atoms with E-state index in [-0.39, 0.29) is 0 Å². The molecule has 0 aliphatic carbocycles. The second kappa shape index (κ2) is 4.00. The molecular formula is C10H6FIN2. The SMILES string of the molecule is Fc1ncc(-c2ccccn2)cc1I. The van der Waals surface area contributed by atoms with Crippen LogP contribution < -0.4 is 0 Å². The Morgan fingerprint density at radius 1 is 1.21 bits per heavy atom. The van der Waals surface area contributed by atoms with Crippen LogP contribution in [0.1, 0.15) is 0 Å². The maximum atomic E-state index is 12.9. The van der Waals surface area contributed by atoms with Gasteiger partial charge in [0.05, 0.1) is 9.26 Å². The Hall–Kier alpha value is -1.04. The van der Waals surface area contributed by atoms with E-state index in [1.54, 1.807) is 12.3 Å². The second-order valence-electron chi connectivity index (χ2n) is 2.71. The number of hydrogen-bond acceptors (Lipinski definition) is 2. The summed E-state index contributed by atoms with van der Waals surface area (Å²) in [5.41, 5.74) is 1.63. The van der Waals surface area contributed by atoms with Gasteiger partial charge in [0.15, 0.2) is 0 Å². The third-order valence-electron chi connectivity index (χ3n) is 1.76. The summed E-state index contributed by atoms with van der Waals surface area (Å²) in [5, 5.41) is 0. The Balaban J connectivity index is 2.48. The van der Waals surface area contributed by atoms with Gasteiger partial charge < -0.3 is 0 Å². The normalized spacial score (nSPS) is 10.1. The molecule has 0 aliphatic rings. The molecule has 0 N–H and O–H groups in total. The Morgan fingerprint density at radius 2 is 2.07 bits per heavy atom. The molecule has 2 nitrogen and oxygen atoms in total. The van der Waals surface area contributed by atoms with Crippen molar-refractivity contribution in [1.82, 2.24) is 9.97 Å². The van der Waals surface area contributed by atoms with Crippen molar-refractivity contribution in [2.75, 3.05) is 0 Å². The third-order valence-corrected chi connectivity index (χ3v) is 2.51. The molecule has 0 fully saturated rings. The molecule has 0 aromatic carbocycles. The minimum Gasteiger partial charge on any atom is -0.256 e. The van der Waals surface area contributed by atoms with E-state index < -0.39 is 5.95 Å². The van der Waals surface area contributed by atoms with Crippen molar-refractivity contribution >= 4 is 22.6 Å². The van der Waals surface area contributed by atoms with E-state index in [0.717, 1.165) is 11.3 Å². The molecule has 14 heavy (non-hydrogen) atoms. The Morgan fingerprint density at radius 3 is 2.71 bits per heavy atom. The number of aromatic nitrogens is 2. The van der Waals surface area contributed by atoms with Gasteiger partial charge in [-0.1, -0.05) is 6.07 Å². The zero-order valence-electron chi connectivity index (χ0n) is 7.11. The van der Waals surface area contributed by atoms with Crippen molar-refractivity contribution in [2.45, 2.75) is 0 Å². The van der Waals surface area contributed by atoms with Crippen molar-refractivity contribution in [3.05, 3.63) is 46.2 Å². The van der Waals surface area contributed by atoms with Crippen LogP contribution in [0, 0.1) is 9.52 Å². The maximum absolute atomic E-state index is 12.9. The number of nitrogens with zero attached hydrogens (tertiary/aromatic N) is 2. The van der Waals surface area contributed by atoms with E-state index in [4.69, 9.17) is 0 Å². The summed E-state index contributed by atoms with van der Waals surface area (Å²) in [4.78, 5) is 7.79. The summed E-state index contributed by atoms with van der Waals surface area (Å²) >= 11 is 1.91. The van der Waals surface area contributed by atoms with Crippen molar-refractivity contribution in [3.63, 3.8) is 0 Å². The van der Waals surface area contributed by atoms with Crippen LogP contribution in [0.5, 0.6) is 0 Å². The van der Waals surface area contributed by atoms with Gasteiger partial charge in [-0.05, 0) is 40.8 Å². The molecule has 0 spiro atoms. The monoisotopic (exact) mass is 300 g/mol. The molecule has 2 rings (SSSR count). The minimum atomic E-state index is -0.440. The van der Waals surface area contributed by atoms with E-state index in [1.807, 2.05) is 40.8 Å². The van der Waals surface area contributed by atoms with Gasteiger partial charge in [0.25, 0.3) is 0 Å². The average molecular weight is 300 g/mol. The van der Waals surface area contributed by atoms with Gasteiger partial charge >= 0.3 is 0 Å². The Bertz CT molecular complexity index is 445. The van der Waals surface area contributed by atoms with Crippen LogP contribution in [0.3, 0.4) is 0 Å². The molecule has 0 saturated carbocycles. The predicted molar refractivity (Wildman–Crippen MR) is 60.1 cm³/mol. The van der Waals surface area contributed by atoms with Crippen LogP contribution in [0.4, 0.5) is 4.39 Å². The highest BCUT2D eigenvalue weighted by Gasteiger charge is 2.03. The van der Waals surface area contributed by atoms with Gasteiger partial charge in [0.1, 0.15) is 0 Å². The molecule has 0 aliphatic heterocycles. The van der Waals surface area contributed by atoms with Crippen LogP contribution in [-0.2, 0) is 0 Å². The lowest BCUT2D eigenvalue weighted by Gasteiger charge is -2.00. The first-order valence-electron chi connectivity index (χ1n) is 4.00. The molecular weight excluding hydrogens is 294 g/mol. The lowest BCUT2D eigenvalue weighted by atomic mass is 10.2. The number of halogens is 2. The molecule has 70 valence electrons. The molecule has 4 heteroatoms. The van der Waals surface area contributed by atoms with Gasteiger partial charge in [-0.25, -0.2) is 4.98 Å². The molecule has 0 bridgehead atoms. The molecule has 2 heterocycles. The van der Waals surface area contributed by atoms with Crippen molar-refractivity contribution in [3.8, 4) is 11.3 Å². The van der Waals surface area contributed by atoms with Crippen LogP contribution in [0.2, 0.25) is 0 Å². The highest BCUT2D eigenvalue weighted by atomic mass is 127. The Labute approximate surface area is 94.4 Å². The van der Waals surface area contributed by atoms with Crippen molar-refractivity contribution in [1.29, 1.82) is 0 Å². The zero-order chi connectivity index (χ0) is 9.97. The molecule has 0 saturated heterocycles. The fourth-order valence-corrected chi connectivity index (χ4v) is 1.57. The zero-order valence-corrected chi connectivity index (χ0v) is 9.27. The van der Waals surface area contributed by atoms with E-state index in [9.17, 15) is 4.39 Å². The third kappa shape index (κ3) is 1.89. The lowest BCUT2D eigenvalue weighted by Crippen LogP contribution is -1.90. The Kier molecular flexibility index (Phi) is 2.72. The molecule has 2 aromatic heterocycles. The fourth-order valence-electron chi connectivity index (χ4n) is 1.09. The topological polar surface area (TPSA) is 25.8 Å². The van der Waals surface area contributed by atoms with Gasteiger partial charge in [0.2, 0.25) is 5.95 Å². The first kappa shape index (κ1) is 9.51. The van der Waals surface area contributed by atoms with Gasteiger partial charge in [-0.15, -0.1) is 0 Å². The summed E-state index contributed by atoms with van der Waals surface area (Å²) in [6.07, 6.45) is 3.19. The molecule has 0 radical (unpaired) electrons. The molecule has 0 unspecified atom stereocenters. The van der Waals surface area contributed by atoms with Gasteiger partial charge in [-0.3, -0.25) is 4.98 Å². The average Bonchev–Trinajstić information content (AvgIpc) is 2.23. The van der Waals surface area contributed by atoms with E-state index >= 15 is 0 Å². The fraction of sp³-hybridized carbons (Fsp3) is 0. The lowest BCUT2D eigenvalue weighted by molar-refractivity contribution is 0.576.